The van der Waals surface area contributed by atoms with E-state index >= 15 is 0 Å². The predicted octanol–water partition coefficient (Wildman–Crippen LogP) is 5.01. The van der Waals surface area contributed by atoms with Gasteiger partial charge in [0, 0.05) is 11.6 Å². The smallest absolute Gasteiger partial charge is 0.145 e. The number of hydrogen-bond donors (Lipinski definition) is 1. The Labute approximate surface area is 132 Å². The average Bonchev–Trinajstić information content (AvgIpc) is 2.50. The zero-order valence-electron chi connectivity index (χ0n) is 11.9. The van der Waals surface area contributed by atoms with E-state index in [9.17, 15) is 8.78 Å². The second kappa shape index (κ2) is 7.66. The molecule has 1 N–H and O–H groups in total. The van der Waals surface area contributed by atoms with Crippen LogP contribution < -0.4 is 5.32 Å². The molecular formula is C17H18BrF2N. The van der Waals surface area contributed by atoms with Gasteiger partial charge in [0.25, 0.3) is 0 Å². The summed E-state index contributed by atoms with van der Waals surface area (Å²) in [7, 11) is 0. The van der Waals surface area contributed by atoms with Crippen LogP contribution >= 0.6 is 15.9 Å². The summed E-state index contributed by atoms with van der Waals surface area (Å²) in [6.07, 6.45) is 1.45. The standard InChI is InChI=1S/C17H18BrF2N/c1-2-10-21-15(11-12-6-4-3-5-7-12)16-14(19)9-8-13(18)17(16)20/h3-9,15,21H,2,10-11H2,1H3. The first kappa shape index (κ1) is 16.1. The minimum atomic E-state index is -0.528. The summed E-state index contributed by atoms with van der Waals surface area (Å²) in [6.45, 7) is 2.74. The zero-order valence-corrected chi connectivity index (χ0v) is 13.5. The van der Waals surface area contributed by atoms with Crippen molar-refractivity contribution >= 4 is 15.9 Å². The lowest BCUT2D eigenvalue weighted by atomic mass is 9.97. The van der Waals surface area contributed by atoms with Crippen LogP contribution in [0.25, 0.3) is 0 Å². The summed E-state index contributed by atoms with van der Waals surface area (Å²) < 4.78 is 28.7. The minimum Gasteiger partial charge on any atom is -0.309 e. The van der Waals surface area contributed by atoms with Gasteiger partial charge in [-0.05, 0) is 53.0 Å². The molecule has 0 aliphatic carbocycles. The summed E-state index contributed by atoms with van der Waals surface area (Å²) in [5.74, 6) is -1.04. The van der Waals surface area contributed by atoms with Gasteiger partial charge in [-0.25, -0.2) is 8.78 Å². The Bertz CT molecular complexity index is 587. The molecule has 0 spiro atoms. The molecular weight excluding hydrogens is 336 g/mol. The highest BCUT2D eigenvalue weighted by Gasteiger charge is 2.21. The van der Waals surface area contributed by atoms with E-state index in [1.54, 1.807) is 0 Å². The summed E-state index contributed by atoms with van der Waals surface area (Å²) in [5.41, 5.74) is 1.14. The largest absolute Gasteiger partial charge is 0.309 e. The molecule has 0 aliphatic heterocycles. The first-order valence-electron chi connectivity index (χ1n) is 7.04. The van der Waals surface area contributed by atoms with Crippen molar-refractivity contribution in [3.8, 4) is 0 Å². The summed E-state index contributed by atoms with van der Waals surface area (Å²) in [4.78, 5) is 0. The Hall–Kier alpha value is -1.26. The first-order valence-corrected chi connectivity index (χ1v) is 7.83. The Morgan fingerprint density at radius 3 is 2.48 bits per heavy atom. The lowest BCUT2D eigenvalue weighted by Crippen LogP contribution is -2.26. The van der Waals surface area contributed by atoms with Crippen LogP contribution in [-0.2, 0) is 6.42 Å². The maximum Gasteiger partial charge on any atom is 0.145 e. The van der Waals surface area contributed by atoms with Gasteiger partial charge in [-0.2, -0.15) is 0 Å². The lowest BCUT2D eigenvalue weighted by Gasteiger charge is -2.21. The zero-order chi connectivity index (χ0) is 15.2. The highest BCUT2D eigenvalue weighted by atomic mass is 79.9. The van der Waals surface area contributed by atoms with E-state index < -0.39 is 11.6 Å². The van der Waals surface area contributed by atoms with Crippen LogP contribution in [0.5, 0.6) is 0 Å². The highest BCUT2D eigenvalue weighted by Crippen LogP contribution is 2.28. The van der Waals surface area contributed by atoms with Crippen molar-refractivity contribution in [1.82, 2.24) is 5.32 Å². The third-order valence-electron chi connectivity index (χ3n) is 3.35. The third kappa shape index (κ3) is 4.11. The Kier molecular flexibility index (Phi) is 5.88. The highest BCUT2D eigenvalue weighted by molar-refractivity contribution is 9.10. The topological polar surface area (TPSA) is 12.0 Å². The SMILES string of the molecule is CCCNC(Cc1ccccc1)c1c(F)ccc(Br)c1F. The number of rotatable bonds is 6. The molecule has 2 aromatic carbocycles. The molecule has 1 unspecified atom stereocenters. The molecule has 112 valence electrons. The molecule has 0 fully saturated rings. The molecule has 4 heteroatoms. The molecule has 0 heterocycles. The fourth-order valence-corrected chi connectivity index (χ4v) is 2.65. The van der Waals surface area contributed by atoms with Gasteiger partial charge in [0.2, 0.25) is 0 Å². The van der Waals surface area contributed by atoms with Gasteiger partial charge in [0.05, 0.1) is 4.47 Å². The number of nitrogens with one attached hydrogen (secondary N) is 1. The molecule has 1 atom stereocenters. The lowest BCUT2D eigenvalue weighted by molar-refractivity contribution is 0.462. The Morgan fingerprint density at radius 2 is 1.81 bits per heavy atom. The van der Waals surface area contributed by atoms with Crippen molar-refractivity contribution in [1.29, 1.82) is 0 Å². The van der Waals surface area contributed by atoms with Gasteiger partial charge in [0.15, 0.2) is 0 Å². The molecule has 0 bridgehead atoms. The van der Waals surface area contributed by atoms with Crippen LogP contribution in [0.4, 0.5) is 8.78 Å². The molecule has 21 heavy (non-hydrogen) atoms. The van der Waals surface area contributed by atoms with Crippen molar-refractivity contribution in [2.24, 2.45) is 0 Å². The van der Waals surface area contributed by atoms with E-state index in [2.05, 4.69) is 21.2 Å². The number of benzene rings is 2. The van der Waals surface area contributed by atoms with Gasteiger partial charge in [-0.1, -0.05) is 37.3 Å². The normalized spacial score (nSPS) is 12.4. The van der Waals surface area contributed by atoms with Crippen LogP contribution in [0.3, 0.4) is 0 Å². The maximum atomic E-state index is 14.3. The second-order valence-corrected chi connectivity index (χ2v) is 5.81. The van der Waals surface area contributed by atoms with E-state index in [4.69, 9.17) is 0 Å². The summed E-state index contributed by atoms with van der Waals surface area (Å²) >= 11 is 3.13. The molecule has 1 nitrogen and oxygen atoms in total. The van der Waals surface area contributed by atoms with Crippen LogP contribution in [-0.4, -0.2) is 6.54 Å². The minimum absolute atomic E-state index is 0.0988. The van der Waals surface area contributed by atoms with Gasteiger partial charge in [-0.3, -0.25) is 0 Å². The van der Waals surface area contributed by atoms with Gasteiger partial charge in [-0.15, -0.1) is 0 Å². The third-order valence-corrected chi connectivity index (χ3v) is 3.96. The maximum absolute atomic E-state index is 14.3. The molecule has 0 radical (unpaired) electrons. The van der Waals surface area contributed by atoms with Crippen molar-refractivity contribution in [3.63, 3.8) is 0 Å². The Morgan fingerprint density at radius 1 is 1.10 bits per heavy atom. The van der Waals surface area contributed by atoms with Crippen LogP contribution in [0, 0.1) is 11.6 Å². The molecule has 0 aliphatic rings. The molecule has 0 saturated carbocycles. The Balaban J connectivity index is 2.34. The van der Waals surface area contributed by atoms with E-state index in [0.717, 1.165) is 12.0 Å². The number of halogens is 3. The van der Waals surface area contributed by atoms with E-state index in [1.165, 1.54) is 12.1 Å². The van der Waals surface area contributed by atoms with Crippen LogP contribution in [0.2, 0.25) is 0 Å². The average molecular weight is 354 g/mol. The fourth-order valence-electron chi connectivity index (χ4n) is 2.31. The monoisotopic (exact) mass is 353 g/mol. The first-order chi connectivity index (χ1) is 10.1. The van der Waals surface area contributed by atoms with Gasteiger partial charge < -0.3 is 5.32 Å². The number of hydrogen-bond acceptors (Lipinski definition) is 1. The molecule has 0 amide bonds. The van der Waals surface area contributed by atoms with Crippen molar-refractivity contribution in [2.75, 3.05) is 6.54 Å². The van der Waals surface area contributed by atoms with E-state index in [-0.39, 0.29) is 16.1 Å². The van der Waals surface area contributed by atoms with E-state index in [1.807, 2.05) is 37.3 Å². The molecule has 2 rings (SSSR count). The van der Waals surface area contributed by atoms with Gasteiger partial charge in [0.1, 0.15) is 11.6 Å². The summed E-state index contributed by atoms with van der Waals surface area (Å²) in [5, 5.41) is 3.24. The molecule has 2 aromatic rings. The van der Waals surface area contributed by atoms with Gasteiger partial charge >= 0.3 is 0 Å². The van der Waals surface area contributed by atoms with Crippen molar-refractivity contribution in [2.45, 2.75) is 25.8 Å². The van der Waals surface area contributed by atoms with Crippen molar-refractivity contribution in [3.05, 3.63) is 69.7 Å². The van der Waals surface area contributed by atoms with E-state index in [0.29, 0.717) is 13.0 Å². The molecule has 0 saturated heterocycles. The summed E-state index contributed by atoms with van der Waals surface area (Å²) in [6, 6.07) is 12.0. The predicted molar refractivity (Wildman–Crippen MR) is 85.2 cm³/mol. The second-order valence-electron chi connectivity index (χ2n) is 4.95. The van der Waals surface area contributed by atoms with Crippen molar-refractivity contribution < 1.29 is 8.78 Å². The quantitative estimate of drug-likeness (QED) is 0.719. The fraction of sp³-hybridized carbons (Fsp3) is 0.294. The van der Waals surface area contributed by atoms with Crippen LogP contribution in [0.15, 0.2) is 46.9 Å². The van der Waals surface area contributed by atoms with Crippen LogP contribution in [0.1, 0.15) is 30.5 Å². The molecule has 0 aromatic heterocycles.